The molecule has 0 aliphatic heterocycles. The predicted octanol–water partition coefficient (Wildman–Crippen LogP) is 0.115. The van der Waals surface area contributed by atoms with Gasteiger partial charge in [0.15, 0.2) is 0 Å². The van der Waals surface area contributed by atoms with Crippen molar-refractivity contribution < 1.29 is 4.21 Å². The summed E-state index contributed by atoms with van der Waals surface area (Å²) in [5, 5.41) is 8.22. The third-order valence-corrected chi connectivity index (χ3v) is 2.37. The molecule has 0 saturated carbocycles. The first-order valence-corrected chi connectivity index (χ1v) is 4.94. The van der Waals surface area contributed by atoms with Crippen LogP contribution < -0.4 is 0 Å². The summed E-state index contributed by atoms with van der Waals surface area (Å²) in [6.07, 6.45) is 2.42. The molecule has 0 radical (unpaired) electrons. The van der Waals surface area contributed by atoms with Crippen molar-refractivity contribution in [3.8, 4) is 0 Å². The molecule has 1 heterocycles. The Morgan fingerprint density at radius 2 is 2.18 bits per heavy atom. The number of aromatic nitrogens is 3. The summed E-state index contributed by atoms with van der Waals surface area (Å²) < 4.78 is 12.8. The minimum atomic E-state index is -1.03. The summed E-state index contributed by atoms with van der Waals surface area (Å²) in [6, 6.07) is 0. The predicted molar refractivity (Wildman–Crippen MR) is 42.7 cm³/mol. The lowest BCUT2D eigenvalue weighted by Gasteiger charge is -1.97. The van der Waals surface area contributed by atoms with E-state index in [-0.39, 0.29) is 0 Å². The van der Waals surface area contributed by atoms with Crippen LogP contribution in [0.4, 0.5) is 0 Å². The molecule has 4 nitrogen and oxygen atoms in total. The van der Waals surface area contributed by atoms with Crippen molar-refractivity contribution >= 4 is 10.8 Å². The highest BCUT2D eigenvalue weighted by molar-refractivity contribution is 7.84. The summed E-state index contributed by atoms with van der Waals surface area (Å²) >= 11 is 0. The van der Waals surface area contributed by atoms with Crippen LogP contribution in [-0.4, -0.2) is 25.2 Å². The zero-order chi connectivity index (χ0) is 8.43. The second-order valence-corrected chi connectivity index (χ2v) is 3.54. The molecule has 0 amide bonds. The van der Waals surface area contributed by atoms with Crippen LogP contribution in [0.2, 0.25) is 0 Å². The number of nitrogens with zero attached hydrogens (tertiary/aromatic N) is 3. The van der Waals surface area contributed by atoms with Gasteiger partial charge in [-0.2, -0.15) is 0 Å². The van der Waals surface area contributed by atoms with Crippen molar-refractivity contribution in [3.63, 3.8) is 0 Å². The molecular formula is C6H11N3OS. The van der Waals surface area contributed by atoms with Crippen LogP contribution >= 0.6 is 0 Å². The molecule has 1 rings (SSSR count). The first-order chi connectivity index (χ1) is 5.16. The van der Waals surface area contributed by atoms with Crippen molar-refractivity contribution in [2.24, 2.45) is 7.05 Å². The van der Waals surface area contributed by atoms with Crippen LogP contribution in [0.1, 0.15) is 12.7 Å². The number of hydrogen-bond donors (Lipinski definition) is 0. The Morgan fingerprint density at radius 3 is 2.45 bits per heavy atom. The summed E-state index contributed by atoms with van der Waals surface area (Å²) in [6.45, 7) is 1.99. The van der Waals surface area contributed by atoms with Crippen LogP contribution in [0.5, 0.6) is 0 Å². The number of hydrogen-bond acceptors (Lipinski definition) is 3. The Hall–Kier alpha value is -0.710. The van der Waals surface area contributed by atoms with Gasteiger partial charge in [-0.1, -0.05) is 6.92 Å². The first kappa shape index (κ1) is 8.39. The smallest absolute Gasteiger partial charge is 0.221 e. The van der Waals surface area contributed by atoms with E-state index < -0.39 is 10.8 Å². The Kier molecular flexibility index (Phi) is 2.38. The van der Waals surface area contributed by atoms with E-state index in [0.717, 1.165) is 12.2 Å². The van der Waals surface area contributed by atoms with Crippen LogP contribution in [0.15, 0.2) is 5.16 Å². The lowest BCUT2D eigenvalue weighted by Crippen LogP contribution is -2.02. The average Bonchev–Trinajstić information content (AvgIpc) is 2.30. The molecule has 0 bridgehead atoms. The van der Waals surface area contributed by atoms with E-state index in [9.17, 15) is 4.21 Å². The highest BCUT2D eigenvalue weighted by Crippen LogP contribution is 2.02. The van der Waals surface area contributed by atoms with Crippen LogP contribution in [0.25, 0.3) is 0 Å². The average molecular weight is 173 g/mol. The molecule has 1 aromatic heterocycles. The molecule has 0 aliphatic rings. The Morgan fingerprint density at radius 1 is 1.55 bits per heavy atom. The van der Waals surface area contributed by atoms with Crippen LogP contribution in [0.3, 0.4) is 0 Å². The van der Waals surface area contributed by atoms with E-state index in [1.165, 1.54) is 0 Å². The number of rotatable bonds is 2. The van der Waals surface area contributed by atoms with E-state index in [0.29, 0.717) is 5.16 Å². The lowest BCUT2D eigenvalue weighted by atomic mass is 10.5. The molecule has 0 aliphatic carbocycles. The normalized spacial score (nSPS) is 13.4. The van der Waals surface area contributed by atoms with Gasteiger partial charge >= 0.3 is 0 Å². The molecule has 11 heavy (non-hydrogen) atoms. The second-order valence-electron chi connectivity index (χ2n) is 2.27. The Labute approximate surface area is 68.1 Å². The van der Waals surface area contributed by atoms with Gasteiger partial charge in [0, 0.05) is 19.7 Å². The van der Waals surface area contributed by atoms with E-state index in [2.05, 4.69) is 10.2 Å². The fraction of sp³-hybridized carbons (Fsp3) is 0.667. The molecule has 1 atom stereocenters. The van der Waals surface area contributed by atoms with Crippen molar-refractivity contribution in [3.05, 3.63) is 5.82 Å². The molecular weight excluding hydrogens is 162 g/mol. The third kappa shape index (κ3) is 1.48. The third-order valence-electron chi connectivity index (χ3n) is 1.50. The molecule has 62 valence electrons. The monoisotopic (exact) mass is 173 g/mol. The maximum atomic E-state index is 11.0. The van der Waals surface area contributed by atoms with Gasteiger partial charge in [0.2, 0.25) is 5.16 Å². The van der Waals surface area contributed by atoms with Crippen molar-refractivity contribution in [2.75, 3.05) is 6.26 Å². The minimum absolute atomic E-state index is 0.543. The fourth-order valence-electron chi connectivity index (χ4n) is 0.903. The van der Waals surface area contributed by atoms with Gasteiger partial charge in [-0.05, 0) is 0 Å². The first-order valence-electron chi connectivity index (χ1n) is 3.38. The lowest BCUT2D eigenvalue weighted by molar-refractivity contribution is 0.664. The van der Waals surface area contributed by atoms with Crippen molar-refractivity contribution in [1.29, 1.82) is 0 Å². The van der Waals surface area contributed by atoms with Crippen LogP contribution in [0, 0.1) is 0 Å². The molecule has 1 unspecified atom stereocenters. The largest absolute Gasteiger partial charge is 0.307 e. The number of aryl methyl sites for hydroxylation is 1. The fourth-order valence-corrected chi connectivity index (χ4v) is 1.55. The zero-order valence-corrected chi connectivity index (χ0v) is 7.68. The van der Waals surface area contributed by atoms with E-state index in [4.69, 9.17) is 0 Å². The van der Waals surface area contributed by atoms with Gasteiger partial charge in [0.25, 0.3) is 0 Å². The molecule has 5 heteroatoms. The molecule has 0 spiro atoms. The van der Waals surface area contributed by atoms with E-state index in [1.54, 1.807) is 10.8 Å². The maximum absolute atomic E-state index is 11.0. The van der Waals surface area contributed by atoms with Gasteiger partial charge in [-0.15, -0.1) is 10.2 Å². The maximum Gasteiger partial charge on any atom is 0.221 e. The van der Waals surface area contributed by atoms with Gasteiger partial charge in [0.05, 0.1) is 10.8 Å². The summed E-state index contributed by atoms with van der Waals surface area (Å²) in [5.41, 5.74) is 0. The van der Waals surface area contributed by atoms with Gasteiger partial charge < -0.3 is 4.57 Å². The molecule has 0 fully saturated rings. The summed E-state index contributed by atoms with van der Waals surface area (Å²) in [4.78, 5) is 0. The quantitative estimate of drug-likeness (QED) is 0.638. The van der Waals surface area contributed by atoms with Gasteiger partial charge in [-0.3, -0.25) is 4.21 Å². The Bertz CT molecular complexity index is 281. The topological polar surface area (TPSA) is 47.8 Å². The highest BCUT2D eigenvalue weighted by atomic mass is 32.2. The zero-order valence-electron chi connectivity index (χ0n) is 6.87. The second kappa shape index (κ2) is 3.13. The van der Waals surface area contributed by atoms with E-state index >= 15 is 0 Å². The minimum Gasteiger partial charge on any atom is -0.307 e. The molecule has 0 N–H and O–H groups in total. The standard InChI is InChI=1S/C6H11N3OS/c1-4-5-7-8-6(9(5)2)11(3)10/h4H2,1-3H3. The van der Waals surface area contributed by atoms with Crippen molar-refractivity contribution in [2.45, 2.75) is 18.5 Å². The summed E-state index contributed by atoms with van der Waals surface area (Å²) in [7, 11) is 0.797. The molecule has 0 saturated heterocycles. The van der Waals surface area contributed by atoms with Gasteiger partial charge in [-0.25, -0.2) is 0 Å². The molecule has 1 aromatic rings. The van der Waals surface area contributed by atoms with Crippen molar-refractivity contribution in [1.82, 2.24) is 14.8 Å². The summed E-state index contributed by atoms with van der Waals surface area (Å²) in [5.74, 6) is 0.871. The SMILES string of the molecule is CCc1nnc(S(C)=O)n1C. The highest BCUT2D eigenvalue weighted by Gasteiger charge is 2.08. The molecule has 0 aromatic carbocycles. The van der Waals surface area contributed by atoms with Crippen LogP contribution in [-0.2, 0) is 24.3 Å². The van der Waals surface area contributed by atoms with Gasteiger partial charge in [0.1, 0.15) is 5.82 Å². The van der Waals surface area contributed by atoms with E-state index in [1.807, 2.05) is 14.0 Å². The Balaban J connectivity index is 3.10.